The molecule has 0 bridgehead atoms. The van der Waals surface area contributed by atoms with Gasteiger partial charge in [0.1, 0.15) is 0 Å². The van der Waals surface area contributed by atoms with Gasteiger partial charge in [0.05, 0.1) is 11.6 Å². The Labute approximate surface area is 126 Å². The van der Waals surface area contributed by atoms with Gasteiger partial charge in [0.15, 0.2) is 0 Å². The normalized spacial score (nSPS) is 18.6. The van der Waals surface area contributed by atoms with E-state index in [1.54, 1.807) is 0 Å². The van der Waals surface area contributed by atoms with Gasteiger partial charge in [-0.2, -0.15) is 5.26 Å². The smallest absolute Gasteiger partial charge is 0.0991 e. The summed E-state index contributed by atoms with van der Waals surface area (Å²) in [7, 11) is 0. The molecule has 0 saturated carbocycles. The van der Waals surface area contributed by atoms with Gasteiger partial charge in [0.25, 0.3) is 0 Å². The number of benzene rings is 2. The fraction of sp³-hybridized carbons (Fsp3) is 0.316. The van der Waals surface area contributed by atoms with E-state index >= 15 is 0 Å². The highest BCUT2D eigenvalue weighted by atomic mass is 15.2. The lowest BCUT2D eigenvalue weighted by atomic mass is 10.0. The molecule has 0 N–H and O–H groups in total. The van der Waals surface area contributed by atoms with Gasteiger partial charge in [0, 0.05) is 12.6 Å². The van der Waals surface area contributed by atoms with Crippen molar-refractivity contribution < 1.29 is 0 Å². The Bertz CT molecular complexity index is 635. The van der Waals surface area contributed by atoms with Crippen LogP contribution < -0.4 is 0 Å². The first-order chi connectivity index (χ1) is 10.3. The van der Waals surface area contributed by atoms with E-state index in [2.05, 4.69) is 54.3 Å². The van der Waals surface area contributed by atoms with E-state index in [9.17, 15) is 0 Å². The van der Waals surface area contributed by atoms with Gasteiger partial charge in [-0.15, -0.1) is 0 Å². The fourth-order valence-electron chi connectivity index (χ4n) is 3.10. The van der Waals surface area contributed by atoms with Gasteiger partial charge in [-0.1, -0.05) is 42.0 Å². The predicted molar refractivity (Wildman–Crippen MR) is 84.7 cm³/mol. The average molecular weight is 276 g/mol. The van der Waals surface area contributed by atoms with Crippen LogP contribution in [0.5, 0.6) is 0 Å². The third-order valence-corrected chi connectivity index (χ3v) is 4.29. The monoisotopic (exact) mass is 276 g/mol. The topological polar surface area (TPSA) is 27.0 Å². The summed E-state index contributed by atoms with van der Waals surface area (Å²) >= 11 is 0. The molecule has 0 radical (unpaired) electrons. The minimum Gasteiger partial charge on any atom is -0.292 e. The predicted octanol–water partition coefficient (Wildman–Crippen LogP) is 4.20. The van der Waals surface area contributed by atoms with Crippen molar-refractivity contribution in [2.75, 3.05) is 6.54 Å². The Morgan fingerprint density at radius 1 is 1.10 bits per heavy atom. The number of likely N-dealkylation sites (tertiary alicyclic amines) is 1. The molecule has 1 fully saturated rings. The lowest BCUT2D eigenvalue weighted by Crippen LogP contribution is -2.22. The molecule has 2 aromatic carbocycles. The van der Waals surface area contributed by atoms with Crippen molar-refractivity contribution in [3.63, 3.8) is 0 Å². The maximum Gasteiger partial charge on any atom is 0.0991 e. The molecular formula is C19H20N2. The largest absolute Gasteiger partial charge is 0.292 e. The van der Waals surface area contributed by atoms with Crippen molar-refractivity contribution in [1.82, 2.24) is 4.90 Å². The van der Waals surface area contributed by atoms with E-state index in [0.717, 1.165) is 18.7 Å². The van der Waals surface area contributed by atoms with Crippen molar-refractivity contribution in [1.29, 1.82) is 5.26 Å². The zero-order valence-corrected chi connectivity index (χ0v) is 12.4. The molecule has 0 aliphatic carbocycles. The lowest BCUT2D eigenvalue weighted by Gasteiger charge is -2.25. The number of rotatable bonds is 3. The Hall–Kier alpha value is -2.11. The van der Waals surface area contributed by atoms with Crippen molar-refractivity contribution in [3.05, 3.63) is 70.8 Å². The molecule has 0 amide bonds. The molecule has 1 saturated heterocycles. The van der Waals surface area contributed by atoms with Crippen molar-refractivity contribution in [2.24, 2.45) is 0 Å². The van der Waals surface area contributed by atoms with E-state index in [4.69, 9.17) is 5.26 Å². The van der Waals surface area contributed by atoms with Crippen LogP contribution in [-0.4, -0.2) is 11.4 Å². The third kappa shape index (κ3) is 3.15. The summed E-state index contributed by atoms with van der Waals surface area (Å²) in [6, 6.07) is 19.6. The number of nitriles is 1. The van der Waals surface area contributed by atoms with Crippen LogP contribution >= 0.6 is 0 Å². The third-order valence-electron chi connectivity index (χ3n) is 4.29. The summed E-state index contributed by atoms with van der Waals surface area (Å²) in [6.45, 7) is 4.25. The Kier molecular flexibility index (Phi) is 4.03. The highest BCUT2D eigenvalue weighted by Gasteiger charge is 2.25. The van der Waals surface area contributed by atoms with Crippen LogP contribution in [0.15, 0.2) is 48.5 Å². The molecule has 2 aromatic rings. The first-order valence-electron chi connectivity index (χ1n) is 7.56. The summed E-state index contributed by atoms with van der Waals surface area (Å²) in [6.07, 6.45) is 2.49. The lowest BCUT2D eigenvalue weighted by molar-refractivity contribution is 0.248. The van der Waals surface area contributed by atoms with Crippen LogP contribution in [0.4, 0.5) is 0 Å². The quantitative estimate of drug-likeness (QED) is 0.840. The second kappa shape index (κ2) is 6.11. The molecule has 2 heteroatoms. The van der Waals surface area contributed by atoms with Gasteiger partial charge in [-0.05, 0) is 49.6 Å². The van der Waals surface area contributed by atoms with Crippen molar-refractivity contribution in [3.8, 4) is 6.07 Å². The van der Waals surface area contributed by atoms with E-state index in [0.29, 0.717) is 6.04 Å². The molecule has 1 atom stereocenters. The van der Waals surface area contributed by atoms with Crippen LogP contribution in [0, 0.1) is 18.3 Å². The summed E-state index contributed by atoms with van der Waals surface area (Å²) in [4.78, 5) is 2.55. The molecule has 2 nitrogen and oxygen atoms in total. The Balaban J connectivity index is 1.74. The summed E-state index contributed by atoms with van der Waals surface area (Å²) in [5, 5.41) is 8.87. The second-order valence-corrected chi connectivity index (χ2v) is 5.85. The number of aryl methyl sites for hydroxylation is 1. The van der Waals surface area contributed by atoms with E-state index in [-0.39, 0.29) is 0 Å². The summed E-state index contributed by atoms with van der Waals surface area (Å²) in [5.41, 5.74) is 4.76. The Morgan fingerprint density at radius 2 is 1.81 bits per heavy atom. The van der Waals surface area contributed by atoms with Crippen LogP contribution in [0.25, 0.3) is 0 Å². The highest BCUT2D eigenvalue weighted by Crippen LogP contribution is 2.33. The van der Waals surface area contributed by atoms with Crippen LogP contribution in [0.3, 0.4) is 0 Å². The highest BCUT2D eigenvalue weighted by molar-refractivity contribution is 5.32. The molecule has 1 aliphatic heterocycles. The number of nitrogens with zero attached hydrogens (tertiary/aromatic N) is 2. The van der Waals surface area contributed by atoms with Gasteiger partial charge in [-0.25, -0.2) is 0 Å². The van der Waals surface area contributed by atoms with Gasteiger partial charge in [0.2, 0.25) is 0 Å². The van der Waals surface area contributed by atoms with E-state index in [1.165, 1.54) is 29.5 Å². The molecular weight excluding hydrogens is 256 g/mol. The first-order valence-corrected chi connectivity index (χ1v) is 7.56. The molecule has 1 heterocycles. The zero-order valence-electron chi connectivity index (χ0n) is 12.4. The van der Waals surface area contributed by atoms with E-state index in [1.807, 2.05) is 12.1 Å². The molecule has 3 rings (SSSR count). The van der Waals surface area contributed by atoms with E-state index < -0.39 is 0 Å². The number of hydrogen-bond acceptors (Lipinski definition) is 2. The van der Waals surface area contributed by atoms with Gasteiger partial charge in [-0.3, -0.25) is 4.90 Å². The zero-order chi connectivity index (χ0) is 14.7. The van der Waals surface area contributed by atoms with Crippen molar-refractivity contribution >= 4 is 0 Å². The van der Waals surface area contributed by atoms with Crippen molar-refractivity contribution in [2.45, 2.75) is 32.4 Å². The first kappa shape index (κ1) is 13.9. The summed E-state index contributed by atoms with van der Waals surface area (Å²) in [5.74, 6) is 0. The molecule has 1 aliphatic rings. The molecule has 0 spiro atoms. The fourth-order valence-corrected chi connectivity index (χ4v) is 3.10. The maximum absolute atomic E-state index is 8.87. The SMILES string of the molecule is Cc1ccc([C@H]2CCCN2Cc2ccc(C#N)cc2)cc1. The number of hydrogen-bond donors (Lipinski definition) is 0. The van der Waals surface area contributed by atoms with Crippen LogP contribution in [0.2, 0.25) is 0 Å². The van der Waals surface area contributed by atoms with Gasteiger partial charge < -0.3 is 0 Å². The molecule has 21 heavy (non-hydrogen) atoms. The minimum absolute atomic E-state index is 0.529. The Morgan fingerprint density at radius 3 is 2.48 bits per heavy atom. The molecule has 0 unspecified atom stereocenters. The molecule has 0 aromatic heterocycles. The average Bonchev–Trinajstić information content (AvgIpc) is 2.97. The standard InChI is InChI=1S/C19H20N2/c1-15-4-10-18(11-5-15)19-3-2-12-21(19)14-17-8-6-16(13-20)7-9-17/h4-11,19H,2-3,12,14H2,1H3/t19-/m1/s1. The van der Waals surface area contributed by atoms with Crippen LogP contribution in [-0.2, 0) is 6.54 Å². The minimum atomic E-state index is 0.529. The molecule has 106 valence electrons. The second-order valence-electron chi connectivity index (χ2n) is 5.85. The summed E-state index contributed by atoms with van der Waals surface area (Å²) < 4.78 is 0. The van der Waals surface area contributed by atoms with Gasteiger partial charge >= 0.3 is 0 Å². The van der Waals surface area contributed by atoms with Crippen LogP contribution in [0.1, 0.15) is 41.1 Å². The maximum atomic E-state index is 8.87.